The monoisotopic (exact) mass is 466 g/mol. The second-order valence-corrected chi connectivity index (χ2v) is 9.44. The van der Waals surface area contributed by atoms with E-state index in [1.165, 1.54) is 36.1 Å². The third kappa shape index (κ3) is 6.53. The Kier molecular flexibility index (Phi) is 8.61. The summed E-state index contributed by atoms with van der Waals surface area (Å²) in [6.45, 7) is 7.05. The fourth-order valence-electron chi connectivity index (χ4n) is 2.90. The third-order valence-corrected chi connectivity index (χ3v) is 6.33. The number of ether oxygens (including phenoxy) is 1. The number of nitrogens with one attached hydrogen (secondary N) is 1. The van der Waals surface area contributed by atoms with E-state index < -0.39 is 40.0 Å². The van der Waals surface area contributed by atoms with Crippen molar-refractivity contribution in [3.63, 3.8) is 0 Å². The van der Waals surface area contributed by atoms with Gasteiger partial charge in [-0.15, -0.1) is 0 Å². The maximum Gasteiger partial charge on any atom is 0.325 e. The highest BCUT2D eigenvalue weighted by atomic mass is 35.5. The summed E-state index contributed by atoms with van der Waals surface area (Å²) in [7, 11) is -3.99. The van der Waals surface area contributed by atoms with Crippen molar-refractivity contribution in [3.8, 4) is 0 Å². The summed E-state index contributed by atoms with van der Waals surface area (Å²) in [6, 6.07) is 13.4. The van der Waals surface area contributed by atoms with E-state index in [0.29, 0.717) is 17.3 Å². The van der Waals surface area contributed by atoms with E-state index in [1.54, 1.807) is 26.0 Å². The number of hydrogen-bond acceptors (Lipinski definition) is 5. The number of esters is 1. The number of likely N-dealkylation sites (N-methyl/N-ethyl adjacent to an activating group) is 1. The van der Waals surface area contributed by atoms with Gasteiger partial charge in [-0.1, -0.05) is 43.6 Å². The molecule has 1 N–H and O–H groups in total. The van der Waals surface area contributed by atoms with Crippen molar-refractivity contribution in [1.29, 1.82) is 0 Å². The molecule has 0 heterocycles. The van der Waals surface area contributed by atoms with Gasteiger partial charge in [-0.2, -0.15) is 4.72 Å². The zero-order valence-corrected chi connectivity index (χ0v) is 19.5. The number of para-hydroxylation sites is 1. The number of carbonyl (C=O) groups excluding carboxylic acids is 2. The number of amides is 1. The van der Waals surface area contributed by atoms with E-state index in [0.717, 1.165) is 0 Å². The Hall–Kier alpha value is -2.42. The van der Waals surface area contributed by atoms with Gasteiger partial charge in [-0.05, 0) is 56.2 Å². The second-order valence-electron chi connectivity index (χ2n) is 7.29. The Morgan fingerprint density at radius 1 is 1.03 bits per heavy atom. The number of sulfonamides is 1. The lowest BCUT2D eigenvalue weighted by molar-refractivity contribution is -0.156. The summed E-state index contributed by atoms with van der Waals surface area (Å²) in [6.07, 6.45) is -1.09. The first-order valence-corrected chi connectivity index (χ1v) is 11.8. The van der Waals surface area contributed by atoms with Crippen molar-refractivity contribution in [3.05, 3.63) is 59.6 Å². The second kappa shape index (κ2) is 10.7. The molecule has 9 heteroatoms. The van der Waals surface area contributed by atoms with Crippen LogP contribution in [-0.4, -0.2) is 39.0 Å². The van der Waals surface area contributed by atoms with Gasteiger partial charge in [-0.3, -0.25) is 9.59 Å². The fraction of sp³-hybridized carbons (Fsp3) is 0.364. The van der Waals surface area contributed by atoms with Crippen molar-refractivity contribution in [2.24, 2.45) is 5.92 Å². The largest absolute Gasteiger partial charge is 0.451 e. The van der Waals surface area contributed by atoms with Gasteiger partial charge in [0.05, 0.1) is 4.90 Å². The molecule has 0 aliphatic carbocycles. The number of nitrogens with zero attached hydrogens (tertiary/aromatic N) is 1. The molecule has 7 nitrogen and oxygen atoms in total. The van der Waals surface area contributed by atoms with Crippen molar-refractivity contribution < 1.29 is 22.7 Å². The van der Waals surface area contributed by atoms with Crippen LogP contribution in [0.2, 0.25) is 5.02 Å². The quantitative estimate of drug-likeness (QED) is 0.569. The summed E-state index contributed by atoms with van der Waals surface area (Å²) in [4.78, 5) is 27.1. The zero-order chi connectivity index (χ0) is 23.2. The number of rotatable bonds is 9. The van der Waals surface area contributed by atoms with E-state index in [-0.39, 0.29) is 4.90 Å². The minimum atomic E-state index is -3.99. The molecule has 0 saturated carbocycles. The summed E-state index contributed by atoms with van der Waals surface area (Å²) in [5, 5.41) is 0.394. The molecule has 0 aliphatic heterocycles. The predicted octanol–water partition coefficient (Wildman–Crippen LogP) is 3.63. The van der Waals surface area contributed by atoms with Gasteiger partial charge < -0.3 is 9.64 Å². The van der Waals surface area contributed by atoms with Crippen LogP contribution in [0.3, 0.4) is 0 Å². The smallest absolute Gasteiger partial charge is 0.325 e. The van der Waals surface area contributed by atoms with Gasteiger partial charge in [0, 0.05) is 17.3 Å². The molecule has 0 radical (unpaired) electrons. The number of anilines is 1. The number of halogens is 1. The predicted molar refractivity (Wildman–Crippen MR) is 120 cm³/mol. The molecule has 2 rings (SSSR count). The molecular formula is C22H27ClN2O5S. The lowest BCUT2D eigenvalue weighted by atomic mass is 10.1. The molecule has 0 spiro atoms. The maximum atomic E-state index is 12.8. The first kappa shape index (κ1) is 24.8. The Morgan fingerprint density at radius 2 is 1.61 bits per heavy atom. The molecule has 2 atom stereocenters. The average Bonchev–Trinajstić information content (AvgIpc) is 2.73. The van der Waals surface area contributed by atoms with E-state index in [4.69, 9.17) is 16.3 Å². The molecule has 2 aromatic rings. The molecule has 1 amide bonds. The summed E-state index contributed by atoms with van der Waals surface area (Å²) in [5.74, 6) is -1.63. The molecule has 2 aromatic carbocycles. The van der Waals surface area contributed by atoms with Crippen LogP contribution in [0.5, 0.6) is 0 Å². The highest BCUT2D eigenvalue weighted by Gasteiger charge is 2.33. The molecule has 168 valence electrons. The first-order valence-electron chi connectivity index (χ1n) is 9.91. The van der Waals surface area contributed by atoms with Crippen LogP contribution in [0.25, 0.3) is 0 Å². The van der Waals surface area contributed by atoms with Crippen LogP contribution < -0.4 is 9.62 Å². The lowest BCUT2D eigenvalue weighted by Gasteiger charge is -2.26. The summed E-state index contributed by atoms with van der Waals surface area (Å²) >= 11 is 5.81. The minimum Gasteiger partial charge on any atom is -0.451 e. The fourth-order valence-corrected chi connectivity index (χ4v) is 4.36. The highest BCUT2D eigenvalue weighted by molar-refractivity contribution is 7.89. The molecule has 31 heavy (non-hydrogen) atoms. The van der Waals surface area contributed by atoms with E-state index >= 15 is 0 Å². The van der Waals surface area contributed by atoms with Gasteiger partial charge in [0.2, 0.25) is 10.0 Å². The molecule has 0 bridgehead atoms. The molecule has 0 fully saturated rings. The van der Waals surface area contributed by atoms with Gasteiger partial charge in [0.1, 0.15) is 6.04 Å². The Morgan fingerprint density at radius 3 is 2.13 bits per heavy atom. The summed E-state index contributed by atoms with van der Waals surface area (Å²) < 4.78 is 33.1. The number of carbonyl (C=O) groups is 2. The van der Waals surface area contributed by atoms with Crippen LogP contribution in [-0.2, 0) is 24.3 Å². The van der Waals surface area contributed by atoms with Crippen LogP contribution in [0.4, 0.5) is 5.69 Å². The Labute approximate surface area is 188 Å². The van der Waals surface area contributed by atoms with Crippen molar-refractivity contribution in [1.82, 2.24) is 4.72 Å². The number of hydrogen-bond donors (Lipinski definition) is 1. The Balaban J connectivity index is 2.14. The van der Waals surface area contributed by atoms with E-state index in [9.17, 15) is 18.0 Å². The topological polar surface area (TPSA) is 92.8 Å². The summed E-state index contributed by atoms with van der Waals surface area (Å²) in [5.41, 5.74) is 0.682. The number of benzene rings is 2. The molecule has 0 unspecified atom stereocenters. The van der Waals surface area contributed by atoms with Crippen LogP contribution in [0.1, 0.15) is 27.7 Å². The molecular weight excluding hydrogens is 440 g/mol. The lowest BCUT2D eigenvalue weighted by Crippen LogP contribution is -2.48. The van der Waals surface area contributed by atoms with Crippen molar-refractivity contribution in [2.75, 3.05) is 11.4 Å². The Bertz CT molecular complexity index is 994. The van der Waals surface area contributed by atoms with Crippen LogP contribution in [0, 0.1) is 5.92 Å². The highest BCUT2D eigenvalue weighted by Crippen LogP contribution is 2.18. The minimum absolute atomic E-state index is 0.0271. The first-order chi connectivity index (χ1) is 14.6. The molecule has 0 saturated heterocycles. The van der Waals surface area contributed by atoms with Gasteiger partial charge in [-0.25, -0.2) is 8.42 Å². The molecule has 0 aliphatic rings. The van der Waals surface area contributed by atoms with Crippen molar-refractivity contribution in [2.45, 2.75) is 44.7 Å². The normalized spacial score (nSPS) is 13.5. The zero-order valence-electron chi connectivity index (χ0n) is 17.9. The van der Waals surface area contributed by atoms with Gasteiger partial charge >= 0.3 is 5.97 Å². The van der Waals surface area contributed by atoms with Gasteiger partial charge in [0.25, 0.3) is 5.91 Å². The van der Waals surface area contributed by atoms with Crippen LogP contribution >= 0.6 is 11.6 Å². The van der Waals surface area contributed by atoms with Crippen LogP contribution in [0.15, 0.2) is 59.5 Å². The standard InChI is InChI=1S/C22H27ClN2O5S/c1-5-25(18-9-7-6-8-10-18)21(26)16(4)30-22(27)20(15(2)3)24-31(28,29)19-13-11-17(23)12-14-19/h6-16,20,24H,5H2,1-4H3/t16-,20+/m1/s1. The maximum absolute atomic E-state index is 12.8. The van der Waals surface area contributed by atoms with E-state index in [1.807, 2.05) is 25.1 Å². The van der Waals surface area contributed by atoms with Gasteiger partial charge in [0.15, 0.2) is 6.10 Å². The third-order valence-electron chi connectivity index (χ3n) is 4.62. The van der Waals surface area contributed by atoms with Crippen molar-refractivity contribution >= 4 is 39.2 Å². The average molecular weight is 467 g/mol. The molecule has 0 aromatic heterocycles. The van der Waals surface area contributed by atoms with E-state index in [2.05, 4.69) is 4.72 Å². The SMILES string of the molecule is CCN(C(=O)[C@@H](C)OC(=O)[C@@H](NS(=O)(=O)c1ccc(Cl)cc1)C(C)C)c1ccccc1.